The number of carbonyl (C=O) groups excluding carboxylic acids is 1. The van der Waals surface area contributed by atoms with Gasteiger partial charge in [-0.1, -0.05) is 19.1 Å². The van der Waals surface area contributed by atoms with Gasteiger partial charge in [-0.25, -0.2) is 0 Å². The van der Waals surface area contributed by atoms with Crippen molar-refractivity contribution in [2.45, 2.75) is 58.8 Å². The van der Waals surface area contributed by atoms with Gasteiger partial charge in [0.15, 0.2) is 6.10 Å². The molecule has 0 saturated heterocycles. The summed E-state index contributed by atoms with van der Waals surface area (Å²) >= 11 is 0. The number of aliphatic hydroxyl groups is 1. The molecular formula is C16H25NO3. The quantitative estimate of drug-likeness (QED) is 0.842. The SMILES string of the molecule is CCC(C)(C)NC(=O)C(C)Oc1ccc([C@@H](C)O)cc1. The minimum absolute atomic E-state index is 0.128. The highest BCUT2D eigenvalue weighted by Crippen LogP contribution is 2.18. The number of ether oxygens (including phenoxy) is 1. The highest BCUT2D eigenvalue weighted by Gasteiger charge is 2.22. The van der Waals surface area contributed by atoms with Crippen LogP contribution < -0.4 is 10.1 Å². The molecule has 2 atom stereocenters. The number of aliphatic hydroxyl groups excluding tert-OH is 1. The van der Waals surface area contributed by atoms with Gasteiger partial charge in [0.1, 0.15) is 5.75 Å². The Morgan fingerprint density at radius 2 is 1.85 bits per heavy atom. The van der Waals surface area contributed by atoms with E-state index in [0.717, 1.165) is 12.0 Å². The standard InChI is InChI=1S/C16H25NO3/c1-6-16(4,5)17-15(19)12(3)20-14-9-7-13(8-10-14)11(2)18/h7-12,18H,6H2,1-5H3,(H,17,19)/t11-,12?/m1/s1. The summed E-state index contributed by atoms with van der Waals surface area (Å²) in [6.07, 6.45) is -0.206. The second-order valence-electron chi connectivity index (χ2n) is 5.73. The van der Waals surface area contributed by atoms with Crippen LogP contribution >= 0.6 is 0 Å². The molecule has 0 aliphatic rings. The maximum atomic E-state index is 12.0. The van der Waals surface area contributed by atoms with Crippen molar-refractivity contribution in [3.63, 3.8) is 0 Å². The van der Waals surface area contributed by atoms with Crippen molar-refractivity contribution >= 4 is 5.91 Å². The van der Waals surface area contributed by atoms with Crippen LogP contribution in [0, 0.1) is 0 Å². The normalized spacial score (nSPS) is 14.5. The molecule has 112 valence electrons. The first-order chi connectivity index (χ1) is 9.25. The minimum Gasteiger partial charge on any atom is -0.481 e. The van der Waals surface area contributed by atoms with Crippen LogP contribution in [0.1, 0.15) is 52.7 Å². The lowest BCUT2D eigenvalue weighted by atomic mass is 10.0. The predicted molar refractivity (Wildman–Crippen MR) is 79.7 cm³/mol. The molecule has 1 aromatic rings. The van der Waals surface area contributed by atoms with Crippen LogP contribution in [0.25, 0.3) is 0 Å². The van der Waals surface area contributed by atoms with Crippen molar-refractivity contribution in [2.24, 2.45) is 0 Å². The number of hydrogen-bond donors (Lipinski definition) is 2. The summed E-state index contributed by atoms with van der Waals surface area (Å²) in [6.45, 7) is 9.42. The first-order valence-corrected chi connectivity index (χ1v) is 7.02. The van der Waals surface area contributed by atoms with E-state index in [4.69, 9.17) is 4.74 Å². The van der Waals surface area contributed by atoms with Gasteiger partial charge in [-0.15, -0.1) is 0 Å². The van der Waals surface area contributed by atoms with E-state index in [9.17, 15) is 9.90 Å². The van der Waals surface area contributed by atoms with E-state index >= 15 is 0 Å². The Hall–Kier alpha value is -1.55. The fourth-order valence-electron chi connectivity index (χ4n) is 1.61. The largest absolute Gasteiger partial charge is 0.481 e. The van der Waals surface area contributed by atoms with Crippen LogP contribution in [0.15, 0.2) is 24.3 Å². The Morgan fingerprint density at radius 1 is 1.30 bits per heavy atom. The van der Waals surface area contributed by atoms with Gasteiger partial charge in [0, 0.05) is 5.54 Å². The second-order valence-corrected chi connectivity index (χ2v) is 5.73. The van der Waals surface area contributed by atoms with Gasteiger partial charge in [0.05, 0.1) is 6.10 Å². The molecule has 0 bridgehead atoms. The van der Waals surface area contributed by atoms with Gasteiger partial charge < -0.3 is 15.2 Å². The Labute approximate surface area is 121 Å². The number of carbonyl (C=O) groups is 1. The summed E-state index contributed by atoms with van der Waals surface area (Å²) in [5.41, 5.74) is 0.590. The molecule has 1 aromatic carbocycles. The average molecular weight is 279 g/mol. The van der Waals surface area contributed by atoms with E-state index in [1.165, 1.54) is 0 Å². The number of hydrogen-bond acceptors (Lipinski definition) is 3. The molecule has 0 fully saturated rings. The smallest absolute Gasteiger partial charge is 0.261 e. The highest BCUT2D eigenvalue weighted by atomic mass is 16.5. The summed E-state index contributed by atoms with van der Waals surface area (Å²) in [4.78, 5) is 12.0. The number of benzene rings is 1. The lowest BCUT2D eigenvalue weighted by molar-refractivity contribution is -0.128. The molecule has 0 radical (unpaired) electrons. The molecule has 1 amide bonds. The van der Waals surface area contributed by atoms with Gasteiger partial charge >= 0.3 is 0 Å². The Kier molecular flexibility index (Phi) is 5.57. The fourth-order valence-corrected chi connectivity index (χ4v) is 1.61. The van der Waals surface area contributed by atoms with Crippen molar-refractivity contribution in [3.05, 3.63) is 29.8 Å². The van der Waals surface area contributed by atoms with E-state index in [-0.39, 0.29) is 11.4 Å². The third kappa shape index (κ3) is 4.85. The predicted octanol–water partition coefficient (Wildman–Crippen LogP) is 2.81. The summed E-state index contributed by atoms with van der Waals surface area (Å²) in [6, 6.07) is 7.11. The fraction of sp³-hybridized carbons (Fsp3) is 0.562. The topological polar surface area (TPSA) is 58.6 Å². The maximum Gasteiger partial charge on any atom is 0.261 e. The molecule has 4 heteroatoms. The van der Waals surface area contributed by atoms with Crippen molar-refractivity contribution in [2.75, 3.05) is 0 Å². The third-order valence-corrected chi connectivity index (χ3v) is 3.39. The van der Waals surface area contributed by atoms with Crippen molar-refractivity contribution in [1.82, 2.24) is 5.32 Å². The zero-order valence-corrected chi connectivity index (χ0v) is 12.9. The van der Waals surface area contributed by atoms with Crippen molar-refractivity contribution < 1.29 is 14.6 Å². The van der Waals surface area contributed by atoms with Crippen molar-refractivity contribution in [3.8, 4) is 5.75 Å². The molecule has 1 unspecified atom stereocenters. The lowest BCUT2D eigenvalue weighted by Crippen LogP contribution is -2.48. The van der Waals surface area contributed by atoms with E-state index < -0.39 is 12.2 Å². The molecule has 0 heterocycles. The van der Waals surface area contributed by atoms with Gasteiger partial charge in [0.25, 0.3) is 5.91 Å². The Balaban J connectivity index is 2.61. The lowest BCUT2D eigenvalue weighted by Gasteiger charge is -2.26. The number of nitrogens with one attached hydrogen (secondary N) is 1. The molecule has 0 spiro atoms. The van der Waals surface area contributed by atoms with Crippen LogP contribution in [0.5, 0.6) is 5.75 Å². The second kappa shape index (κ2) is 6.75. The molecular weight excluding hydrogens is 254 g/mol. The minimum atomic E-state index is -0.557. The summed E-state index contributed by atoms with van der Waals surface area (Å²) in [5, 5.41) is 12.4. The summed E-state index contributed by atoms with van der Waals surface area (Å²) in [7, 11) is 0. The Morgan fingerprint density at radius 3 is 2.30 bits per heavy atom. The van der Waals surface area contributed by atoms with Gasteiger partial charge in [-0.2, -0.15) is 0 Å². The molecule has 0 aliphatic heterocycles. The van der Waals surface area contributed by atoms with E-state index in [0.29, 0.717) is 5.75 Å². The van der Waals surface area contributed by atoms with Crippen LogP contribution in [-0.2, 0) is 4.79 Å². The first-order valence-electron chi connectivity index (χ1n) is 7.02. The Bertz CT molecular complexity index is 438. The van der Waals surface area contributed by atoms with Gasteiger partial charge in [-0.3, -0.25) is 4.79 Å². The summed E-state index contributed by atoms with van der Waals surface area (Å²) < 4.78 is 5.61. The number of rotatable bonds is 6. The molecule has 0 aromatic heterocycles. The zero-order valence-electron chi connectivity index (χ0n) is 12.9. The van der Waals surface area contributed by atoms with E-state index in [1.54, 1.807) is 38.1 Å². The van der Waals surface area contributed by atoms with Crippen molar-refractivity contribution in [1.29, 1.82) is 0 Å². The number of amides is 1. The van der Waals surface area contributed by atoms with Crippen LogP contribution in [0.3, 0.4) is 0 Å². The molecule has 1 rings (SSSR count). The zero-order chi connectivity index (χ0) is 15.3. The van der Waals surface area contributed by atoms with Gasteiger partial charge in [0.2, 0.25) is 0 Å². The highest BCUT2D eigenvalue weighted by molar-refractivity contribution is 5.81. The van der Waals surface area contributed by atoms with Gasteiger partial charge in [-0.05, 0) is 51.8 Å². The van der Waals surface area contributed by atoms with E-state index in [1.807, 2.05) is 20.8 Å². The molecule has 0 aliphatic carbocycles. The monoisotopic (exact) mass is 279 g/mol. The van der Waals surface area contributed by atoms with Crippen LogP contribution in [-0.4, -0.2) is 22.7 Å². The third-order valence-electron chi connectivity index (χ3n) is 3.39. The summed E-state index contributed by atoms with van der Waals surface area (Å²) in [5.74, 6) is 0.489. The maximum absolute atomic E-state index is 12.0. The molecule has 0 saturated carbocycles. The first kappa shape index (κ1) is 16.5. The molecule has 2 N–H and O–H groups in total. The molecule has 20 heavy (non-hydrogen) atoms. The average Bonchev–Trinajstić information content (AvgIpc) is 2.38. The van der Waals surface area contributed by atoms with Crippen LogP contribution in [0.2, 0.25) is 0 Å². The van der Waals surface area contributed by atoms with E-state index in [2.05, 4.69) is 5.32 Å². The van der Waals surface area contributed by atoms with Crippen LogP contribution in [0.4, 0.5) is 0 Å². The molecule has 4 nitrogen and oxygen atoms in total.